The zero-order valence-corrected chi connectivity index (χ0v) is 10.5. The minimum atomic E-state index is -2.70. The Morgan fingerprint density at radius 1 is 1.24 bits per heavy atom. The molecule has 0 spiro atoms. The Hall–Kier alpha value is -0.960. The van der Waals surface area contributed by atoms with Crippen molar-refractivity contribution in [2.24, 2.45) is 5.73 Å². The van der Waals surface area contributed by atoms with Gasteiger partial charge in [0.05, 0.1) is 0 Å². The summed E-state index contributed by atoms with van der Waals surface area (Å²) >= 11 is 0. The van der Waals surface area contributed by atoms with Gasteiger partial charge in [-0.25, -0.2) is 8.78 Å². The molecule has 1 nitrogen and oxygen atoms in total. The molecule has 0 aliphatic heterocycles. The van der Waals surface area contributed by atoms with E-state index in [-0.39, 0.29) is 18.0 Å². The van der Waals surface area contributed by atoms with Crippen LogP contribution in [-0.2, 0) is 12.3 Å². The lowest BCUT2D eigenvalue weighted by molar-refractivity contribution is -0.0140. The normalized spacial score (nSPS) is 13.7. The van der Waals surface area contributed by atoms with Crippen LogP contribution in [0.4, 0.5) is 8.78 Å². The van der Waals surface area contributed by atoms with Crippen molar-refractivity contribution in [3.05, 3.63) is 35.4 Å². The Balaban J connectivity index is 2.67. The number of hydrogen-bond donors (Lipinski definition) is 1. The van der Waals surface area contributed by atoms with Crippen LogP contribution in [0.1, 0.15) is 44.2 Å². The fourth-order valence-electron chi connectivity index (χ4n) is 1.77. The van der Waals surface area contributed by atoms with E-state index in [4.69, 9.17) is 5.73 Å². The van der Waals surface area contributed by atoms with Gasteiger partial charge in [0, 0.05) is 18.0 Å². The summed E-state index contributed by atoms with van der Waals surface area (Å²) in [5.74, 6) is -2.70. The van der Waals surface area contributed by atoms with Gasteiger partial charge < -0.3 is 5.73 Å². The van der Waals surface area contributed by atoms with E-state index in [1.807, 2.05) is 6.92 Å². The maximum Gasteiger partial charge on any atom is 0.273 e. The van der Waals surface area contributed by atoms with Gasteiger partial charge >= 0.3 is 0 Å². The van der Waals surface area contributed by atoms with Crippen LogP contribution < -0.4 is 5.73 Å². The van der Waals surface area contributed by atoms with Crippen LogP contribution >= 0.6 is 0 Å². The van der Waals surface area contributed by atoms with Crippen LogP contribution in [0.25, 0.3) is 0 Å². The molecular formula is C14H21F2N. The molecule has 0 saturated heterocycles. The number of aryl methyl sites for hydroxylation is 1. The highest BCUT2D eigenvalue weighted by Gasteiger charge is 2.29. The number of benzene rings is 1. The molecule has 0 aliphatic rings. The van der Waals surface area contributed by atoms with Gasteiger partial charge in [-0.2, -0.15) is 0 Å². The molecule has 17 heavy (non-hydrogen) atoms. The molecule has 0 radical (unpaired) electrons. The van der Waals surface area contributed by atoms with E-state index in [0.29, 0.717) is 6.42 Å². The maximum absolute atomic E-state index is 13.6. The van der Waals surface area contributed by atoms with Crippen molar-refractivity contribution >= 4 is 0 Å². The first kappa shape index (κ1) is 14.1. The molecule has 2 N–H and O–H groups in total. The van der Waals surface area contributed by atoms with E-state index in [1.54, 1.807) is 19.1 Å². The fourth-order valence-corrected chi connectivity index (χ4v) is 1.77. The van der Waals surface area contributed by atoms with Crippen molar-refractivity contribution in [3.63, 3.8) is 0 Å². The van der Waals surface area contributed by atoms with Crippen LogP contribution in [0.2, 0.25) is 0 Å². The average Bonchev–Trinajstić information content (AvgIpc) is 2.27. The van der Waals surface area contributed by atoms with Crippen molar-refractivity contribution in [1.29, 1.82) is 0 Å². The van der Waals surface area contributed by atoms with Crippen LogP contribution in [0.3, 0.4) is 0 Å². The smallest absolute Gasteiger partial charge is 0.273 e. The van der Waals surface area contributed by atoms with Crippen LogP contribution in [0.15, 0.2) is 24.3 Å². The molecular weight excluding hydrogens is 220 g/mol. The molecule has 0 aromatic heterocycles. The third-order valence-electron chi connectivity index (χ3n) is 2.83. The number of nitrogens with two attached hydrogens (primary N) is 1. The van der Waals surface area contributed by atoms with E-state index in [2.05, 4.69) is 0 Å². The summed E-state index contributed by atoms with van der Waals surface area (Å²) in [5, 5.41) is 0. The summed E-state index contributed by atoms with van der Waals surface area (Å²) in [6.07, 6.45) is 2.12. The summed E-state index contributed by atoms with van der Waals surface area (Å²) in [5.41, 5.74) is 6.84. The van der Waals surface area contributed by atoms with Gasteiger partial charge in [-0.15, -0.1) is 0 Å². The van der Waals surface area contributed by atoms with Crippen LogP contribution in [0, 0.1) is 0 Å². The second-order valence-electron chi connectivity index (χ2n) is 4.67. The lowest BCUT2D eigenvalue weighted by atomic mass is 10.00. The van der Waals surface area contributed by atoms with E-state index in [0.717, 1.165) is 18.4 Å². The van der Waals surface area contributed by atoms with Gasteiger partial charge in [-0.05, 0) is 25.3 Å². The van der Waals surface area contributed by atoms with Gasteiger partial charge in [0.1, 0.15) is 0 Å². The van der Waals surface area contributed by atoms with Gasteiger partial charge in [0.15, 0.2) is 0 Å². The van der Waals surface area contributed by atoms with Gasteiger partial charge in [-0.3, -0.25) is 0 Å². The Morgan fingerprint density at radius 3 is 2.29 bits per heavy atom. The topological polar surface area (TPSA) is 26.0 Å². The highest BCUT2D eigenvalue weighted by molar-refractivity contribution is 5.26. The summed E-state index contributed by atoms with van der Waals surface area (Å²) in [4.78, 5) is 0. The Morgan fingerprint density at radius 2 is 1.82 bits per heavy atom. The lowest BCUT2D eigenvalue weighted by Gasteiger charge is -2.16. The second kappa shape index (κ2) is 6.10. The molecule has 1 aromatic rings. The fraction of sp³-hybridized carbons (Fsp3) is 0.571. The molecule has 96 valence electrons. The number of alkyl halides is 2. The van der Waals surface area contributed by atoms with E-state index in [9.17, 15) is 8.78 Å². The Labute approximate surface area is 102 Å². The number of halogens is 2. The molecule has 0 bridgehead atoms. The number of rotatable bonds is 6. The third-order valence-corrected chi connectivity index (χ3v) is 2.83. The molecule has 1 unspecified atom stereocenters. The molecule has 3 heteroatoms. The van der Waals surface area contributed by atoms with Crippen molar-refractivity contribution < 1.29 is 8.78 Å². The predicted octanol–water partition coefficient (Wildman–Crippen LogP) is 3.86. The minimum Gasteiger partial charge on any atom is -0.328 e. The largest absolute Gasteiger partial charge is 0.328 e. The summed E-state index contributed by atoms with van der Waals surface area (Å²) in [6, 6.07) is 6.78. The summed E-state index contributed by atoms with van der Waals surface area (Å²) < 4.78 is 27.2. The first-order chi connectivity index (χ1) is 7.95. The monoisotopic (exact) mass is 241 g/mol. The van der Waals surface area contributed by atoms with E-state index >= 15 is 0 Å². The first-order valence-electron chi connectivity index (χ1n) is 6.18. The molecule has 0 amide bonds. The van der Waals surface area contributed by atoms with E-state index < -0.39 is 5.92 Å². The average molecular weight is 241 g/mol. The molecule has 1 aromatic carbocycles. The van der Waals surface area contributed by atoms with Gasteiger partial charge in [0.2, 0.25) is 0 Å². The Bertz CT molecular complexity index is 331. The summed E-state index contributed by atoms with van der Waals surface area (Å²) in [6.45, 7) is 3.72. The first-order valence-corrected chi connectivity index (χ1v) is 6.18. The van der Waals surface area contributed by atoms with Gasteiger partial charge in [0.25, 0.3) is 5.92 Å². The Kier molecular flexibility index (Phi) is 5.06. The molecule has 0 aliphatic carbocycles. The molecule has 0 saturated carbocycles. The van der Waals surface area contributed by atoms with Crippen molar-refractivity contribution in [3.8, 4) is 0 Å². The third kappa shape index (κ3) is 4.43. The second-order valence-corrected chi connectivity index (χ2v) is 4.67. The molecule has 1 atom stereocenters. The zero-order valence-electron chi connectivity index (χ0n) is 10.5. The summed E-state index contributed by atoms with van der Waals surface area (Å²) in [7, 11) is 0. The highest BCUT2D eigenvalue weighted by Crippen LogP contribution is 2.32. The zero-order chi connectivity index (χ0) is 12.9. The number of hydrogen-bond acceptors (Lipinski definition) is 1. The molecule has 0 heterocycles. The lowest BCUT2D eigenvalue weighted by Crippen LogP contribution is -2.15. The molecule has 0 fully saturated rings. The minimum absolute atomic E-state index is 0.0911. The maximum atomic E-state index is 13.6. The van der Waals surface area contributed by atoms with Gasteiger partial charge in [-0.1, -0.05) is 37.6 Å². The SMILES string of the molecule is CCCC(F)(F)c1ccc(CCC(C)N)cc1. The quantitative estimate of drug-likeness (QED) is 0.804. The van der Waals surface area contributed by atoms with Crippen molar-refractivity contribution in [1.82, 2.24) is 0 Å². The van der Waals surface area contributed by atoms with Crippen LogP contribution in [0.5, 0.6) is 0 Å². The van der Waals surface area contributed by atoms with Crippen LogP contribution in [-0.4, -0.2) is 6.04 Å². The highest BCUT2D eigenvalue weighted by atomic mass is 19.3. The standard InChI is InChI=1S/C14H21F2N/c1-3-10-14(15,16)13-8-6-12(7-9-13)5-4-11(2)17/h6-9,11H,3-5,10,17H2,1-2H3. The molecule has 1 rings (SSSR count). The van der Waals surface area contributed by atoms with Crippen molar-refractivity contribution in [2.45, 2.75) is 51.5 Å². The van der Waals surface area contributed by atoms with Crippen molar-refractivity contribution in [2.75, 3.05) is 0 Å². The van der Waals surface area contributed by atoms with E-state index in [1.165, 1.54) is 12.1 Å². The predicted molar refractivity (Wildman–Crippen MR) is 67.2 cm³/mol.